The third kappa shape index (κ3) is 3.85. The monoisotopic (exact) mass is 271 g/mol. The van der Waals surface area contributed by atoms with Gasteiger partial charge in [-0.05, 0) is 40.0 Å². The second kappa shape index (κ2) is 5.70. The highest BCUT2D eigenvalue weighted by Gasteiger charge is 2.47. The van der Waals surface area contributed by atoms with Crippen molar-refractivity contribution < 1.29 is 14.6 Å². The largest absolute Gasteiger partial charge is 0.444 e. The molecule has 1 rings (SSSR count). The van der Waals surface area contributed by atoms with Gasteiger partial charge in [-0.1, -0.05) is 20.8 Å². The van der Waals surface area contributed by atoms with Crippen LogP contribution in [0.5, 0.6) is 0 Å². The molecule has 1 aliphatic rings. The molecule has 4 heteroatoms. The summed E-state index contributed by atoms with van der Waals surface area (Å²) in [7, 11) is 0. The molecule has 0 saturated carbocycles. The number of carbonyl (C=O) groups is 1. The summed E-state index contributed by atoms with van der Waals surface area (Å²) in [6, 6.07) is -0.131. The van der Waals surface area contributed by atoms with Gasteiger partial charge in [0.05, 0.1) is 12.1 Å². The summed E-state index contributed by atoms with van der Waals surface area (Å²) in [5.41, 5.74) is -0.504. The van der Waals surface area contributed by atoms with Gasteiger partial charge in [0.2, 0.25) is 0 Å². The SMILES string of the molecule is CC(C)C[C@H]1[C@@H](O)[C@@H](C)[C@H](C)N1C(=O)OC(C)(C)C. The summed E-state index contributed by atoms with van der Waals surface area (Å²) < 4.78 is 5.48. The highest BCUT2D eigenvalue weighted by atomic mass is 16.6. The molecule has 112 valence electrons. The molecule has 0 spiro atoms. The summed E-state index contributed by atoms with van der Waals surface area (Å²) in [5.74, 6) is 0.512. The minimum atomic E-state index is -0.504. The van der Waals surface area contributed by atoms with Crippen molar-refractivity contribution in [1.82, 2.24) is 4.90 Å². The lowest BCUT2D eigenvalue weighted by molar-refractivity contribution is 0.00724. The van der Waals surface area contributed by atoms with Gasteiger partial charge in [0.25, 0.3) is 0 Å². The Hall–Kier alpha value is -0.770. The summed E-state index contributed by atoms with van der Waals surface area (Å²) in [5, 5.41) is 10.3. The number of ether oxygens (including phenoxy) is 1. The van der Waals surface area contributed by atoms with Crippen molar-refractivity contribution in [3.05, 3.63) is 0 Å². The quantitative estimate of drug-likeness (QED) is 0.840. The molecular weight excluding hydrogens is 242 g/mol. The Labute approximate surface area is 117 Å². The van der Waals surface area contributed by atoms with Gasteiger partial charge in [-0.25, -0.2) is 4.79 Å². The van der Waals surface area contributed by atoms with Crippen molar-refractivity contribution in [2.75, 3.05) is 0 Å². The maximum atomic E-state index is 12.3. The number of aliphatic hydroxyl groups is 1. The van der Waals surface area contributed by atoms with Gasteiger partial charge >= 0.3 is 6.09 Å². The zero-order chi connectivity index (χ0) is 15.0. The second-order valence-corrected chi connectivity index (χ2v) is 7.17. The first kappa shape index (κ1) is 16.3. The van der Waals surface area contributed by atoms with Crippen LogP contribution in [0.4, 0.5) is 4.79 Å². The van der Waals surface area contributed by atoms with E-state index in [4.69, 9.17) is 4.74 Å². The number of carbonyl (C=O) groups excluding carboxylic acids is 1. The van der Waals surface area contributed by atoms with Crippen LogP contribution in [0.25, 0.3) is 0 Å². The average Bonchev–Trinajstić information content (AvgIpc) is 2.40. The predicted molar refractivity (Wildman–Crippen MR) is 75.9 cm³/mol. The third-order valence-electron chi connectivity index (χ3n) is 3.81. The molecule has 0 aromatic carbocycles. The van der Waals surface area contributed by atoms with Crippen molar-refractivity contribution in [3.63, 3.8) is 0 Å². The summed E-state index contributed by atoms with van der Waals surface area (Å²) in [6.45, 7) is 13.8. The highest BCUT2D eigenvalue weighted by Crippen LogP contribution is 2.34. The fraction of sp³-hybridized carbons (Fsp3) is 0.933. The van der Waals surface area contributed by atoms with Crippen LogP contribution in [0.15, 0.2) is 0 Å². The van der Waals surface area contributed by atoms with Crippen LogP contribution in [-0.2, 0) is 4.74 Å². The molecule has 1 fully saturated rings. The first-order chi connectivity index (χ1) is 8.54. The molecule has 1 saturated heterocycles. The molecular formula is C15H29NO3. The van der Waals surface area contributed by atoms with Crippen LogP contribution in [0, 0.1) is 11.8 Å². The number of nitrogens with zero attached hydrogens (tertiary/aromatic N) is 1. The van der Waals surface area contributed by atoms with E-state index in [1.54, 1.807) is 4.90 Å². The minimum absolute atomic E-state index is 0.00796. The zero-order valence-electron chi connectivity index (χ0n) is 13.3. The molecule has 4 atom stereocenters. The van der Waals surface area contributed by atoms with Gasteiger partial charge in [0, 0.05) is 12.0 Å². The Bertz CT molecular complexity index is 322. The van der Waals surface area contributed by atoms with Crippen LogP contribution in [0.1, 0.15) is 54.9 Å². The molecule has 1 N–H and O–H groups in total. The molecule has 0 unspecified atom stereocenters. The zero-order valence-corrected chi connectivity index (χ0v) is 13.3. The molecule has 0 aromatic heterocycles. The van der Waals surface area contributed by atoms with Crippen LogP contribution < -0.4 is 0 Å². The van der Waals surface area contributed by atoms with Gasteiger partial charge in [-0.2, -0.15) is 0 Å². The number of hydrogen-bond donors (Lipinski definition) is 1. The summed E-state index contributed by atoms with van der Waals surface area (Å²) in [4.78, 5) is 14.1. The molecule has 0 aliphatic carbocycles. The van der Waals surface area contributed by atoms with E-state index in [-0.39, 0.29) is 24.1 Å². The van der Waals surface area contributed by atoms with E-state index in [1.807, 2.05) is 34.6 Å². The number of rotatable bonds is 2. The first-order valence-electron chi connectivity index (χ1n) is 7.24. The fourth-order valence-electron chi connectivity index (χ4n) is 2.71. The molecule has 0 bridgehead atoms. The van der Waals surface area contributed by atoms with Gasteiger partial charge in [0.15, 0.2) is 0 Å². The van der Waals surface area contributed by atoms with E-state index in [0.717, 1.165) is 6.42 Å². The van der Waals surface area contributed by atoms with Crippen LogP contribution in [0.2, 0.25) is 0 Å². The lowest BCUT2D eigenvalue weighted by atomic mass is 9.95. The Morgan fingerprint density at radius 1 is 1.32 bits per heavy atom. The predicted octanol–water partition coefficient (Wildman–Crippen LogP) is 3.04. The van der Waals surface area contributed by atoms with Crippen LogP contribution >= 0.6 is 0 Å². The maximum Gasteiger partial charge on any atom is 0.410 e. The molecule has 0 radical (unpaired) electrons. The normalized spacial score (nSPS) is 31.9. The van der Waals surface area contributed by atoms with Crippen LogP contribution in [-0.4, -0.2) is 39.9 Å². The lowest BCUT2D eigenvalue weighted by Gasteiger charge is -2.32. The molecule has 1 amide bonds. The van der Waals surface area contributed by atoms with Gasteiger partial charge in [-0.3, -0.25) is 4.90 Å². The number of aliphatic hydroxyl groups excluding tert-OH is 1. The highest BCUT2D eigenvalue weighted by molar-refractivity contribution is 5.69. The van der Waals surface area contributed by atoms with Gasteiger partial charge in [-0.15, -0.1) is 0 Å². The van der Waals surface area contributed by atoms with Crippen molar-refractivity contribution in [2.24, 2.45) is 11.8 Å². The Morgan fingerprint density at radius 3 is 2.26 bits per heavy atom. The maximum absolute atomic E-state index is 12.3. The molecule has 1 aliphatic heterocycles. The number of hydrogen-bond acceptors (Lipinski definition) is 3. The Kier molecular flexibility index (Phi) is 4.88. The topological polar surface area (TPSA) is 49.8 Å². The van der Waals surface area contributed by atoms with Gasteiger partial charge in [0.1, 0.15) is 5.60 Å². The third-order valence-corrected chi connectivity index (χ3v) is 3.81. The second-order valence-electron chi connectivity index (χ2n) is 7.17. The lowest BCUT2D eigenvalue weighted by Crippen LogP contribution is -2.45. The first-order valence-corrected chi connectivity index (χ1v) is 7.24. The summed E-state index contributed by atoms with van der Waals surface area (Å²) >= 11 is 0. The van der Waals surface area contributed by atoms with E-state index in [2.05, 4.69) is 13.8 Å². The smallest absolute Gasteiger partial charge is 0.410 e. The summed E-state index contributed by atoms with van der Waals surface area (Å²) in [6.07, 6.45) is 0.0220. The van der Waals surface area contributed by atoms with Gasteiger partial charge < -0.3 is 9.84 Å². The Morgan fingerprint density at radius 2 is 1.84 bits per heavy atom. The molecule has 0 aromatic rings. The molecule has 1 heterocycles. The van der Waals surface area contributed by atoms with Crippen molar-refractivity contribution in [3.8, 4) is 0 Å². The number of amides is 1. The fourth-order valence-corrected chi connectivity index (χ4v) is 2.71. The molecule has 4 nitrogen and oxygen atoms in total. The van der Waals surface area contributed by atoms with E-state index in [0.29, 0.717) is 5.92 Å². The molecule has 19 heavy (non-hydrogen) atoms. The van der Waals surface area contributed by atoms with Crippen molar-refractivity contribution in [1.29, 1.82) is 0 Å². The standard InChI is InChI=1S/C15H29NO3/c1-9(2)8-12-13(17)10(3)11(4)16(12)14(18)19-15(5,6)7/h9-13,17H,8H2,1-7H3/t10-,11-,12-,13-/m0/s1. The Balaban J connectivity index is 2.90. The van der Waals surface area contributed by atoms with Crippen LogP contribution in [0.3, 0.4) is 0 Å². The van der Waals surface area contributed by atoms with E-state index < -0.39 is 11.7 Å². The van der Waals surface area contributed by atoms with E-state index in [1.165, 1.54) is 0 Å². The average molecular weight is 271 g/mol. The van der Waals surface area contributed by atoms with Crippen molar-refractivity contribution >= 4 is 6.09 Å². The van der Waals surface area contributed by atoms with Crippen molar-refractivity contribution in [2.45, 2.75) is 78.7 Å². The minimum Gasteiger partial charge on any atom is -0.444 e. The van der Waals surface area contributed by atoms with E-state index in [9.17, 15) is 9.90 Å². The number of likely N-dealkylation sites (tertiary alicyclic amines) is 1. The van der Waals surface area contributed by atoms with E-state index >= 15 is 0 Å².